The van der Waals surface area contributed by atoms with Crippen molar-refractivity contribution in [1.29, 1.82) is 0 Å². The molecule has 0 amide bonds. The molecule has 0 saturated heterocycles. The van der Waals surface area contributed by atoms with Gasteiger partial charge >= 0.3 is 0 Å². The van der Waals surface area contributed by atoms with E-state index in [2.05, 4.69) is 9.71 Å². The Balaban J connectivity index is 0. The molecule has 0 unspecified atom stereocenters. The zero-order valence-corrected chi connectivity index (χ0v) is 11.8. The minimum Gasteiger partial charge on any atom is -0.252 e. The summed E-state index contributed by atoms with van der Waals surface area (Å²) in [6.07, 6.45) is 0. The number of hydrogen-bond donors (Lipinski definition) is 1. The van der Waals surface area contributed by atoms with Crippen LogP contribution in [-0.2, 0) is 10.0 Å². The molecule has 2 radical (unpaired) electrons. The van der Waals surface area contributed by atoms with Gasteiger partial charge in [0.15, 0.2) is 5.03 Å². The topological polar surface area (TPSA) is 59.1 Å². The summed E-state index contributed by atoms with van der Waals surface area (Å²) in [6.45, 7) is 9.28. The van der Waals surface area contributed by atoms with E-state index in [0.29, 0.717) is 0 Å². The molecule has 0 aliphatic rings. The van der Waals surface area contributed by atoms with Crippen LogP contribution in [0.15, 0.2) is 23.2 Å². The van der Waals surface area contributed by atoms with Crippen LogP contribution in [-0.4, -0.2) is 26.8 Å². The van der Waals surface area contributed by atoms with Gasteiger partial charge in [-0.2, -0.15) is 0 Å². The number of aromatic nitrogens is 1. The zero-order chi connectivity index (χ0) is 13.7. The average Bonchev–Trinajstić information content (AvgIpc) is 2.17. The van der Waals surface area contributed by atoms with Gasteiger partial charge in [0.2, 0.25) is 0 Å². The van der Waals surface area contributed by atoms with Crippen LogP contribution in [0.4, 0.5) is 0 Å². The third-order valence-corrected chi connectivity index (χ3v) is 3.12. The first-order chi connectivity index (χ1) is 7.71. The highest BCUT2D eigenvalue weighted by Crippen LogP contribution is 2.08. The van der Waals surface area contributed by atoms with Crippen LogP contribution in [0, 0.1) is 0 Å². The van der Waals surface area contributed by atoms with Gasteiger partial charge in [0.05, 0.1) is 0 Å². The molecule has 0 atom stereocenters. The molecule has 6 heteroatoms. The van der Waals surface area contributed by atoms with Crippen molar-refractivity contribution in [3.05, 3.63) is 18.2 Å². The molecule has 1 rings (SSSR count). The minimum absolute atomic E-state index is 0. The number of hydrogen-bond acceptors (Lipinski definition) is 3. The minimum atomic E-state index is -3.58. The van der Waals surface area contributed by atoms with E-state index in [4.69, 9.17) is 7.85 Å². The molecule has 1 N–H and O–H groups in total. The number of pyridine rings is 1. The molecule has 0 aliphatic carbocycles. The lowest BCUT2D eigenvalue weighted by Gasteiger charge is -2.19. The Bertz CT molecular complexity index is 458. The summed E-state index contributed by atoms with van der Waals surface area (Å²) in [6, 6.07) is 4.50. The van der Waals surface area contributed by atoms with Crippen LogP contribution in [0.2, 0.25) is 0 Å². The van der Waals surface area contributed by atoms with Gasteiger partial charge in [0.25, 0.3) is 10.0 Å². The van der Waals surface area contributed by atoms with Crippen molar-refractivity contribution in [3.63, 3.8) is 0 Å². The van der Waals surface area contributed by atoms with Gasteiger partial charge in [-0.3, -0.25) is 4.98 Å². The van der Waals surface area contributed by atoms with E-state index >= 15 is 0 Å². The van der Waals surface area contributed by atoms with Gasteiger partial charge in [0, 0.05) is 6.97 Å². The molecule has 1 heterocycles. The Morgan fingerprint density at radius 2 is 1.82 bits per heavy atom. The van der Waals surface area contributed by atoms with Crippen LogP contribution in [0.25, 0.3) is 0 Å². The molecular weight excluding hydrogens is 235 g/mol. The highest BCUT2D eigenvalue weighted by molar-refractivity contribution is 7.89. The molecule has 1 aromatic heterocycles. The van der Waals surface area contributed by atoms with E-state index in [1.54, 1.807) is 26.8 Å². The van der Waals surface area contributed by atoms with Crippen LogP contribution in [0.3, 0.4) is 0 Å². The number of rotatable bonds is 2. The van der Waals surface area contributed by atoms with Crippen molar-refractivity contribution in [2.75, 3.05) is 0 Å². The van der Waals surface area contributed by atoms with Gasteiger partial charge in [0.1, 0.15) is 7.85 Å². The highest BCUT2D eigenvalue weighted by Gasteiger charge is 2.22. The monoisotopic (exact) mass is 256 g/mol. The standard InChI is InChI=1S/C9H13BN2O2S.C2H6.H2/c1-9(2,3)12-15(13,14)8-6-4-5-7(10)11-8;1-2;/h4-6,12H,1-3H3;1-2H3;1H. The molecule has 0 saturated carbocycles. The predicted octanol–water partition coefficient (Wildman–Crippen LogP) is 1.22. The maximum absolute atomic E-state index is 11.8. The fourth-order valence-corrected chi connectivity index (χ4v) is 2.43. The molecule has 0 aliphatic heterocycles. The summed E-state index contributed by atoms with van der Waals surface area (Å²) in [7, 11) is 1.83. The van der Waals surface area contributed by atoms with Gasteiger partial charge in [-0.1, -0.05) is 26.0 Å². The first-order valence-electron chi connectivity index (χ1n) is 5.47. The second kappa shape index (κ2) is 6.16. The van der Waals surface area contributed by atoms with Crippen LogP contribution in [0.1, 0.15) is 36.0 Å². The van der Waals surface area contributed by atoms with Gasteiger partial charge in [-0.25, -0.2) is 13.1 Å². The fourth-order valence-electron chi connectivity index (χ4n) is 1.04. The van der Waals surface area contributed by atoms with Crippen LogP contribution >= 0.6 is 0 Å². The Kier molecular flexibility index (Phi) is 5.85. The maximum atomic E-state index is 11.8. The lowest BCUT2D eigenvalue weighted by atomic mass is 10.1. The van der Waals surface area contributed by atoms with E-state index in [-0.39, 0.29) is 12.0 Å². The molecule has 4 nitrogen and oxygen atoms in total. The summed E-state index contributed by atoms with van der Waals surface area (Å²) < 4.78 is 26.0. The molecule has 0 bridgehead atoms. The fraction of sp³-hybridized carbons (Fsp3) is 0.545. The second-order valence-corrected chi connectivity index (χ2v) is 5.89. The number of sulfonamides is 1. The van der Waals surface area contributed by atoms with E-state index in [9.17, 15) is 8.42 Å². The Labute approximate surface area is 107 Å². The normalized spacial score (nSPS) is 11.6. The predicted molar refractivity (Wildman–Crippen MR) is 73.2 cm³/mol. The third kappa shape index (κ3) is 5.84. The van der Waals surface area contributed by atoms with Crippen molar-refractivity contribution in [2.45, 2.75) is 45.2 Å². The number of nitrogens with one attached hydrogen (secondary N) is 1. The van der Waals surface area contributed by atoms with Crippen molar-refractivity contribution in [2.24, 2.45) is 0 Å². The first kappa shape index (κ1) is 16.1. The first-order valence-corrected chi connectivity index (χ1v) is 6.95. The second-order valence-electron chi connectivity index (χ2n) is 4.26. The Morgan fingerprint density at radius 3 is 2.24 bits per heavy atom. The summed E-state index contributed by atoms with van der Waals surface area (Å²) in [5.41, 5.74) is -0.350. The molecular formula is C11H21BN2O2S. The van der Waals surface area contributed by atoms with Gasteiger partial charge in [-0.15, -0.1) is 0 Å². The van der Waals surface area contributed by atoms with E-state index in [1.807, 2.05) is 13.8 Å². The van der Waals surface area contributed by atoms with Crippen LogP contribution in [0.5, 0.6) is 0 Å². The molecule has 1 aromatic rings. The summed E-state index contributed by atoms with van der Waals surface area (Å²) in [4.78, 5) is 3.76. The smallest absolute Gasteiger partial charge is 0.252 e. The largest absolute Gasteiger partial charge is 0.258 e. The van der Waals surface area contributed by atoms with Crippen molar-refractivity contribution < 1.29 is 9.84 Å². The van der Waals surface area contributed by atoms with E-state index in [0.717, 1.165) is 0 Å². The zero-order valence-electron chi connectivity index (χ0n) is 11.0. The van der Waals surface area contributed by atoms with Crippen molar-refractivity contribution in [1.82, 2.24) is 9.71 Å². The molecule has 0 fully saturated rings. The van der Waals surface area contributed by atoms with Gasteiger partial charge < -0.3 is 0 Å². The molecule has 17 heavy (non-hydrogen) atoms. The molecule has 0 spiro atoms. The summed E-state index contributed by atoms with van der Waals surface area (Å²) in [5.74, 6) is 0. The van der Waals surface area contributed by atoms with Crippen molar-refractivity contribution >= 4 is 23.5 Å². The van der Waals surface area contributed by atoms with E-state index in [1.165, 1.54) is 12.1 Å². The van der Waals surface area contributed by atoms with Gasteiger partial charge in [-0.05, 0) is 32.4 Å². The average molecular weight is 256 g/mol. The summed E-state index contributed by atoms with van der Waals surface area (Å²) in [5, 5.41) is -0.0579. The van der Waals surface area contributed by atoms with E-state index < -0.39 is 15.6 Å². The number of nitrogens with zero attached hydrogens (tertiary/aromatic N) is 1. The van der Waals surface area contributed by atoms with Crippen LogP contribution < -0.4 is 10.3 Å². The SMILES string of the molecule is CC.[B]c1cccc(S(=O)(=O)NC(C)(C)C)n1.[HH]. The third-order valence-electron chi connectivity index (χ3n) is 1.46. The molecule has 96 valence electrons. The maximum Gasteiger partial charge on any atom is 0.258 e. The Hall–Kier alpha value is -0.875. The van der Waals surface area contributed by atoms with Crippen molar-refractivity contribution in [3.8, 4) is 0 Å². The quantitative estimate of drug-likeness (QED) is 0.809. The lowest BCUT2D eigenvalue weighted by molar-refractivity contribution is 0.490. The lowest BCUT2D eigenvalue weighted by Crippen LogP contribution is -2.41. The Morgan fingerprint density at radius 1 is 1.29 bits per heavy atom. The highest BCUT2D eigenvalue weighted by atomic mass is 32.2. The summed E-state index contributed by atoms with van der Waals surface area (Å²) >= 11 is 0. The molecule has 0 aromatic carbocycles.